The van der Waals surface area contributed by atoms with Gasteiger partial charge in [0.05, 0.1) is 0 Å². The second kappa shape index (κ2) is 10.8. The predicted octanol–water partition coefficient (Wildman–Crippen LogP) is 4.68. The number of carbonyl (C=O) groups excluding carboxylic acids is 2. The first kappa shape index (κ1) is 21.1. The number of anilines is 1. The van der Waals surface area contributed by atoms with E-state index in [1.165, 1.54) is 31.1 Å². The number of aromatic nitrogens is 1. The topological polar surface area (TPSA) is 75.4 Å². The molecule has 0 aliphatic heterocycles. The van der Waals surface area contributed by atoms with Crippen LogP contribution in [0.3, 0.4) is 0 Å². The van der Waals surface area contributed by atoms with Crippen molar-refractivity contribution in [1.82, 2.24) is 10.1 Å². The van der Waals surface area contributed by atoms with Crippen molar-refractivity contribution in [2.75, 3.05) is 18.4 Å². The third-order valence-corrected chi connectivity index (χ3v) is 5.55. The molecular weight excluding hydrogens is 366 g/mol. The molecule has 6 heteroatoms. The maximum absolute atomic E-state index is 13.2. The Morgan fingerprint density at radius 3 is 2.55 bits per heavy atom. The smallest absolute Gasteiger partial charge is 0.254 e. The van der Waals surface area contributed by atoms with Gasteiger partial charge in [0, 0.05) is 18.2 Å². The summed E-state index contributed by atoms with van der Waals surface area (Å²) in [5.74, 6) is 0.465. The van der Waals surface area contributed by atoms with E-state index in [0.29, 0.717) is 23.8 Å². The Bertz CT molecular complexity index is 765. The Kier molecular flexibility index (Phi) is 7.85. The van der Waals surface area contributed by atoms with E-state index >= 15 is 0 Å². The lowest BCUT2D eigenvalue weighted by atomic mass is 9.89. The van der Waals surface area contributed by atoms with Crippen molar-refractivity contribution in [3.05, 3.63) is 47.7 Å². The lowest BCUT2D eigenvalue weighted by Crippen LogP contribution is -2.41. The van der Waals surface area contributed by atoms with E-state index in [1.54, 1.807) is 11.0 Å². The van der Waals surface area contributed by atoms with Gasteiger partial charge in [-0.3, -0.25) is 9.59 Å². The second-order valence-corrected chi connectivity index (χ2v) is 7.92. The van der Waals surface area contributed by atoms with Gasteiger partial charge in [-0.2, -0.15) is 0 Å². The zero-order valence-electron chi connectivity index (χ0n) is 17.2. The average molecular weight is 398 g/mol. The number of amides is 2. The maximum Gasteiger partial charge on any atom is 0.254 e. The minimum absolute atomic E-state index is 0.0137. The average Bonchev–Trinajstić information content (AvgIpc) is 3.25. The summed E-state index contributed by atoms with van der Waals surface area (Å²) in [6, 6.07) is 9.40. The Hall–Kier alpha value is -2.63. The summed E-state index contributed by atoms with van der Waals surface area (Å²) in [4.78, 5) is 27.4. The van der Waals surface area contributed by atoms with E-state index in [1.807, 2.05) is 24.3 Å². The first-order valence-corrected chi connectivity index (χ1v) is 10.7. The standard InChI is InChI=1S/C23H31N3O3/c1-2-3-7-18-10-12-20(13-11-18)23(28)26(16-19-8-5-4-6-9-19)17-22(27)24-21-14-15-29-25-21/h10-15,19H,2-9,16-17H2,1H3,(H,24,25,27). The molecule has 2 aromatic rings. The molecule has 0 saturated heterocycles. The van der Waals surface area contributed by atoms with Crippen LogP contribution in [0.1, 0.15) is 67.8 Å². The molecule has 1 aromatic carbocycles. The SMILES string of the molecule is CCCCc1ccc(C(=O)N(CC(=O)Nc2ccon2)CC2CCCCC2)cc1. The van der Waals surface area contributed by atoms with Gasteiger partial charge in [0.2, 0.25) is 5.91 Å². The van der Waals surface area contributed by atoms with Crippen molar-refractivity contribution in [3.8, 4) is 0 Å². The Balaban J connectivity index is 1.68. The van der Waals surface area contributed by atoms with Crippen molar-refractivity contribution in [2.24, 2.45) is 5.92 Å². The molecule has 1 fully saturated rings. The second-order valence-electron chi connectivity index (χ2n) is 7.92. The summed E-state index contributed by atoms with van der Waals surface area (Å²) in [6.45, 7) is 2.80. The van der Waals surface area contributed by atoms with Crippen LogP contribution in [0.5, 0.6) is 0 Å². The largest absolute Gasteiger partial charge is 0.363 e. The van der Waals surface area contributed by atoms with E-state index in [-0.39, 0.29) is 18.4 Å². The van der Waals surface area contributed by atoms with E-state index in [9.17, 15) is 9.59 Å². The summed E-state index contributed by atoms with van der Waals surface area (Å²) in [7, 11) is 0. The van der Waals surface area contributed by atoms with Crippen LogP contribution in [0.2, 0.25) is 0 Å². The van der Waals surface area contributed by atoms with Gasteiger partial charge in [0.25, 0.3) is 5.91 Å². The van der Waals surface area contributed by atoms with Crippen LogP contribution in [0.4, 0.5) is 5.82 Å². The third-order valence-electron chi connectivity index (χ3n) is 5.55. The van der Waals surface area contributed by atoms with Gasteiger partial charge < -0.3 is 14.7 Å². The quantitative estimate of drug-likeness (QED) is 0.667. The minimum Gasteiger partial charge on any atom is -0.363 e. The molecule has 1 heterocycles. The molecule has 156 valence electrons. The highest BCUT2D eigenvalue weighted by Gasteiger charge is 2.24. The van der Waals surface area contributed by atoms with E-state index < -0.39 is 0 Å². The van der Waals surface area contributed by atoms with Crippen LogP contribution in [0.25, 0.3) is 0 Å². The molecule has 0 bridgehead atoms. The number of hydrogen-bond donors (Lipinski definition) is 1. The van der Waals surface area contributed by atoms with Gasteiger partial charge in [-0.15, -0.1) is 0 Å². The predicted molar refractivity (Wildman–Crippen MR) is 113 cm³/mol. The molecule has 6 nitrogen and oxygen atoms in total. The molecule has 1 aliphatic rings. The van der Waals surface area contributed by atoms with Gasteiger partial charge in [0.15, 0.2) is 5.82 Å². The third kappa shape index (κ3) is 6.44. The van der Waals surface area contributed by atoms with Crippen molar-refractivity contribution >= 4 is 17.6 Å². The molecule has 0 atom stereocenters. The van der Waals surface area contributed by atoms with Gasteiger partial charge in [0.1, 0.15) is 12.8 Å². The normalized spacial score (nSPS) is 14.5. The Labute approximate surface area is 172 Å². The molecule has 0 spiro atoms. The summed E-state index contributed by atoms with van der Waals surface area (Å²) in [5, 5.41) is 6.40. The zero-order valence-corrected chi connectivity index (χ0v) is 17.2. The number of aryl methyl sites for hydroxylation is 1. The zero-order chi connectivity index (χ0) is 20.5. The van der Waals surface area contributed by atoms with Crippen LogP contribution >= 0.6 is 0 Å². The number of carbonyl (C=O) groups is 2. The van der Waals surface area contributed by atoms with Crippen LogP contribution < -0.4 is 5.32 Å². The number of unbranched alkanes of at least 4 members (excludes halogenated alkanes) is 1. The van der Waals surface area contributed by atoms with Crippen LogP contribution in [-0.2, 0) is 11.2 Å². The van der Waals surface area contributed by atoms with Gasteiger partial charge in [-0.05, 0) is 49.3 Å². The molecule has 1 aliphatic carbocycles. The number of nitrogens with zero attached hydrogens (tertiary/aromatic N) is 2. The summed E-state index contributed by atoms with van der Waals surface area (Å²) in [6.07, 6.45) is 10.6. The van der Waals surface area contributed by atoms with Crippen molar-refractivity contribution < 1.29 is 14.1 Å². The van der Waals surface area contributed by atoms with E-state index in [2.05, 4.69) is 17.4 Å². The fourth-order valence-electron chi connectivity index (χ4n) is 3.91. The summed E-state index contributed by atoms with van der Waals surface area (Å²) in [5.41, 5.74) is 1.88. The molecule has 1 saturated carbocycles. The molecule has 3 rings (SSSR count). The highest BCUT2D eigenvalue weighted by Crippen LogP contribution is 2.25. The Morgan fingerprint density at radius 1 is 1.14 bits per heavy atom. The lowest BCUT2D eigenvalue weighted by molar-refractivity contribution is -0.117. The van der Waals surface area contributed by atoms with Crippen LogP contribution in [-0.4, -0.2) is 35.0 Å². The summed E-state index contributed by atoms with van der Waals surface area (Å²) < 4.78 is 4.75. The fourth-order valence-corrected chi connectivity index (χ4v) is 3.91. The van der Waals surface area contributed by atoms with Gasteiger partial charge >= 0.3 is 0 Å². The fraction of sp³-hybridized carbons (Fsp3) is 0.522. The number of benzene rings is 1. The number of rotatable bonds is 9. The molecule has 1 aromatic heterocycles. The van der Waals surface area contributed by atoms with E-state index in [0.717, 1.165) is 32.1 Å². The van der Waals surface area contributed by atoms with Gasteiger partial charge in [-0.1, -0.05) is 49.9 Å². The Morgan fingerprint density at radius 2 is 1.90 bits per heavy atom. The molecule has 1 N–H and O–H groups in total. The lowest BCUT2D eigenvalue weighted by Gasteiger charge is -2.29. The monoisotopic (exact) mass is 397 g/mol. The van der Waals surface area contributed by atoms with E-state index in [4.69, 9.17) is 4.52 Å². The minimum atomic E-state index is -0.261. The molecule has 0 unspecified atom stereocenters. The van der Waals surface area contributed by atoms with Crippen molar-refractivity contribution in [2.45, 2.75) is 58.3 Å². The molecule has 2 amide bonds. The van der Waals surface area contributed by atoms with Gasteiger partial charge in [-0.25, -0.2) is 0 Å². The summed E-state index contributed by atoms with van der Waals surface area (Å²) >= 11 is 0. The van der Waals surface area contributed by atoms with Crippen molar-refractivity contribution in [3.63, 3.8) is 0 Å². The highest BCUT2D eigenvalue weighted by atomic mass is 16.5. The first-order chi connectivity index (χ1) is 14.2. The first-order valence-electron chi connectivity index (χ1n) is 10.7. The molecule has 29 heavy (non-hydrogen) atoms. The maximum atomic E-state index is 13.2. The highest BCUT2D eigenvalue weighted by molar-refractivity contribution is 5.99. The van der Waals surface area contributed by atoms with Crippen LogP contribution in [0, 0.1) is 5.92 Å². The molecular formula is C23H31N3O3. The molecule has 0 radical (unpaired) electrons. The number of nitrogens with one attached hydrogen (secondary N) is 1. The van der Waals surface area contributed by atoms with Crippen molar-refractivity contribution in [1.29, 1.82) is 0 Å². The van der Waals surface area contributed by atoms with Crippen LogP contribution in [0.15, 0.2) is 41.1 Å². The number of hydrogen-bond acceptors (Lipinski definition) is 4.